The number of ether oxygens (including phenoxy) is 3. The smallest absolute Gasteiger partial charge is 0.337 e. The fourth-order valence-electron chi connectivity index (χ4n) is 3.50. The van der Waals surface area contributed by atoms with E-state index in [1.165, 1.54) is 0 Å². The van der Waals surface area contributed by atoms with Crippen LogP contribution in [0.25, 0.3) is 0 Å². The molecule has 6 nitrogen and oxygen atoms in total. The summed E-state index contributed by atoms with van der Waals surface area (Å²) in [6.45, 7) is 12.9. The molecule has 0 bridgehead atoms. The second-order valence-corrected chi connectivity index (χ2v) is 14.9. The molecule has 3 rings (SSSR count). The topological polar surface area (TPSA) is 74.4 Å². The minimum atomic E-state index is -2.25. The Morgan fingerprint density at radius 2 is 1.85 bits per heavy atom. The van der Waals surface area contributed by atoms with Gasteiger partial charge in [0.2, 0.25) is 0 Å². The van der Waals surface area contributed by atoms with Crippen LogP contribution in [0, 0.1) is 0 Å². The molecule has 0 saturated carbocycles. The van der Waals surface area contributed by atoms with Crippen molar-refractivity contribution >= 4 is 20.1 Å². The fraction of sp³-hybridized carbons (Fsp3) is 0.538. The first-order valence-electron chi connectivity index (χ1n) is 11.6. The van der Waals surface area contributed by atoms with Crippen molar-refractivity contribution in [2.75, 3.05) is 7.11 Å². The molecule has 0 radical (unpaired) electrons. The predicted octanol–water partition coefficient (Wildman–Crippen LogP) is 5.13. The van der Waals surface area contributed by atoms with Crippen LogP contribution in [0.5, 0.6) is 5.75 Å². The Hall–Kier alpha value is -2.22. The third-order valence-corrected chi connectivity index (χ3v) is 11.1. The van der Waals surface area contributed by atoms with Gasteiger partial charge in [-0.3, -0.25) is 4.79 Å². The van der Waals surface area contributed by atoms with Crippen LogP contribution in [-0.2, 0) is 30.1 Å². The monoisotopic (exact) mass is 472 g/mol. The van der Waals surface area contributed by atoms with Gasteiger partial charge in [0.25, 0.3) is 0 Å². The maximum absolute atomic E-state index is 13.4. The summed E-state index contributed by atoms with van der Waals surface area (Å²) < 4.78 is 23.2. The van der Waals surface area contributed by atoms with E-state index in [1.807, 2.05) is 30.3 Å². The van der Waals surface area contributed by atoms with Gasteiger partial charge in [0.05, 0.1) is 12.7 Å². The number of ketones is 1. The first kappa shape index (κ1) is 25.4. The number of hydrogen-bond acceptors (Lipinski definition) is 6. The van der Waals surface area contributed by atoms with Gasteiger partial charge in [-0.2, -0.15) is 0 Å². The predicted molar refractivity (Wildman–Crippen MR) is 130 cm³/mol. The van der Waals surface area contributed by atoms with E-state index in [0.717, 1.165) is 24.2 Å². The molecule has 1 aromatic carbocycles. The van der Waals surface area contributed by atoms with Gasteiger partial charge < -0.3 is 18.6 Å². The number of unbranched alkanes of at least 4 members (excludes halogenated alkanes) is 1. The first-order chi connectivity index (χ1) is 15.5. The highest BCUT2D eigenvalue weighted by molar-refractivity contribution is 6.74. The van der Waals surface area contributed by atoms with E-state index >= 15 is 0 Å². The second kappa shape index (κ2) is 9.95. The number of Topliss-reactive ketones (excluding diaryl/α,β-unsaturated/α-hetero) is 1. The Bertz CT molecular complexity index is 939. The summed E-state index contributed by atoms with van der Waals surface area (Å²) in [7, 11) is -0.651. The van der Waals surface area contributed by atoms with Crippen molar-refractivity contribution in [2.24, 2.45) is 0 Å². The molecule has 2 aliphatic rings. The molecule has 33 heavy (non-hydrogen) atoms. The lowest BCUT2D eigenvalue weighted by Crippen LogP contribution is -2.49. The number of fused-ring (bicyclic) bond motifs is 1. The summed E-state index contributed by atoms with van der Waals surface area (Å²) in [5, 5.41) is -0.0604. The zero-order valence-electron chi connectivity index (χ0n) is 20.8. The van der Waals surface area contributed by atoms with Crippen molar-refractivity contribution in [1.29, 1.82) is 0 Å². The molecule has 0 spiro atoms. The Morgan fingerprint density at radius 3 is 2.42 bits per heavy atom. The van der Waals surface area contributed by atoms with Crippen LogP contribution >= 0.6 is 0 Å². The fourth-order valence-corrected chi connectivity index (χ4v) is 4.74. The van der Waals surface area contributed by atoms with Gasteiger partial charge in [0, 0.05) is 5.57 Å². The van der Waals surface area contributed by atoms with Gasteiger partial charge in [0.15, 0.2) is 14.1 Å². The molecule has 0 unspecified atom stereocenters. The number of epoxide rings is 1. The third-order valence-electron chi connectivity index (χ3n) is 6.64. The van der Waals surface area contributed by atoms with Crippen molar-refractivity contribution in [2.45, 2.75) is 83.6 Å². The van der Waals surface area contributed by atoms with E-state index < -0.39 is 32.6 Å². The van der Waals surface area contributed by atoms with Crippen LogP contribution in [0.4, 0.5) is 0 Å². The highest BCUT2D eigenvalue weighted by Gasteiger charge is 2.59. The number of carbonyl (C=O) groups is 2. The molecule has 1 aliphatic carbocycles. The van der Waals surface area contributed by atoms with Gasteiger partial charge in [-0.25, -0.2) is 4.79 Å². The second-order valence-electron chi connectivity index (χ2n) is 10.1. The molecule has 0 amide bonds. The maximum Gasteiger partial charge on any atom is 0.337 e. The van der Waals surface area contributed by atoms with Crippen LogP contribution < -0.4 is 4.74 Å². The van der Waals surface area contributed by atoms with E-state index in [0.29, 0.717) is 5.57 Å². The minimum absolute atomic E-state index is 0.0604. The number of benzene rings is 1. The number of rotatable bonds is 9. The summed E-state index contributed by atoms with van der Waals surface area (Å²) in [5.74, 6) is 0.0283. The van der Waals surface area contributed by atoms with Crippen molar-refractivity contribution in [1.82, 2.24) is 0 Å². The lowest BCUT2D eigenvalue weighted by molar-refractivity contribution is -0.142. The van der Waals surface area contributed by atoms with Crippen molar-refractivity contribution < 1.29 is 28.2 Å². The summed E-state index contributed by atoms with van der Waals surface area (Å²) in [6, 6.07) is 7.32. The molecule has 1 heterocycles. The standard InChI is InChI=1S/C26H36O6Si/c1-8-9-10-11-19-20(25(28)30-16-17-12-14-18(29-5)15-13-17)22(24-23(31-24)21(19)27)32-33(6,7)26(2,3)4/h10-15,22-24H,8-9,16H2,1-7H3/b11-10+/t22-,23-,24+/m1/s1. The number of allylic oxidation sites excluding steroid dienone is 2. The Labute approximate surface area is 198 Å². The third kappa shape index (κ3) is 5.65. The summed E-state index contributed by atoms with van der Waals surface area (Å²) >= 11 is 0. The zero-order chi connectivity index (χ0) is 24.4. The molecule has 1 fully saturated rings. The number of hydrogen-bond donors (Lipinski definition) is 0. The lowest BCUT2D eigenvalue weighted by atomic mass is 9.88. The minimum Gasteiger partial charge on any atom is -0.497 e. The van der Waals surface area contributed by atoms with Crippen molar-refractivity contribution in [3.63, 3.8) is 0 Å². The van der Waals surface area contributed by atoms with E-state index in [9.17, 15) is 9.59 Å². The van der Waals surface area contributed by atoms with E-state index in [1.54, 1.807) is 13.2 Å². The van der Waals surface area contributed by atoms with Crippen LogP contribution in [0.1, 0.15) is 46.1 Å². The molecular weight excluding hydrogens is 436 g/mol. The largest absolute Gasteiger partial charge is 0.497 e. The average Bonchev–Trinajstić information content (AvgIpc) is 3.56. The Kier molecular flexibility index (Phi) is 7.66. The summed E-state index contributed by atoms with van der Waals surface area (Å²) in [4.78, 5) is 26.4. The average molecular weight is 473 g/mol. The van der Waals surface area contributed by atoms with Gasteiger partial charge >= 0.3 is 5.97 Å². The van der Waals surface area contributed by atoms with Crippen LogP contribution in [0.15, 0.2) is 47.6 Å². The van der Waals surface area contributed by atoms with Gasteiger partial charge in [-0.15, -0.1) is 0 Å². The molecule has 0 N–H and O–H groups in total. The van der Waals surface area contributed by atoms with E-state index in [4.69, 9.17) is 18.6 Å². The van der Waals surface area contributed by atoms with Gasteiger partial charge in [-0.1, -0.05) is 58.4 Å². The maximum atomic E-state index is 13.4. The summed E-state index contributed by atoms with van der Waals surface area (Å²) in [5.41, 5.74) is 1.47. The number of esters is 1. The van der Waals surface area contributed by atoms with Crippen LogP contribution in [-0.4, -0.2) is 45.5 Å². The van der Waals surface area contributed by atoms with Crippen molar-refractivity contribution in [3.8, 4) is 5.75 Å². The van der Waals surface area contributed by atoms with E-state index in [2.05, 4.69) is 40.8 Å². The SMILES string of the molecule is CCC/C=C/C1=C(C(=O)OCc2ccc(OC)cc2)[C@@H](O[Si](C)(C)C(C)(C)C)[C@@H]2O[C@@H]2C1=O. The Morgan fingerprint density at radius 1 is 1.18 bits per heavy atom. The lowest BCUT2D eigenvalue weighted by Gasteiger charge is -2.40. The molecular formula is C26H36O6Si. The molecule has 7 heteroatoms. The zero-order valence-corrected chi connectivity index (χ0v) is 21.8. The Balaban J connectivity index is 1.92. The molecule has 180 valence electrons. The van der Waals surface area contributed by atoms with Crippen molar-refractivity contribution in [3.05, 3.63) is 53.1 Å². The quantitative estimate of drug-likeness (QED) is 0.282. The normalized spacial score (nSPS) is 23.0. The summed E-state index contributed by atoms with van der Waals surface area (Å²) in [6.07, 6.45) is 3.84. The number of methoxy groups -OCH3 is 1. The molecule has 0 aromatic heterocycles. The first-order valence-corrected chi connectivity index (χ1v) is 14.5. The van der Waals surface area contributed by atoms with E-state index in [-0.39, 0.29) is 23.0 Å². The van der Waals surface area contributed by atoms with Gasteiger partial charge in [0.1, 0.15) is 30.7 Å². The highest BCUT2D eigenvalue weighted by atomic mass is 28.4. The molecule has 1 saturated heterocycles. The van der Waals surface area contributed by atoms with Crippen LogP contribution in [0.3, 0.4) is 0 Å². The molecule has 1 aliphatic heterocycles. The molecule has 3 atom stereocenters. The highest BCUT2D eigenvalue weighted by Crippen LogP contribution is 2.45. The van der Waals surface area contributed by atoms with Gasteiger partial charge in [-0.05, 0) is 42.2 Å². The molecule has 1 aromatic rings. The number of carbonyl (C=O) groups excluding carboxylic acids is 2. The van der Waals surface area contributed by atoms with Crippen LogP contribution in [0.2, 0.25) is 18.1 Å².